The van der Waals surface area contributed by atoms with Crippen LogP contribution in [0.4, 0.5) is 0 Å². The maximum atomic E-state index is 6.00. The van der Waals surface area contributed by atoms with E-state index < -0.39 is 0 Å². The van der Waals surface area contributed by atoms with Crippen molar-refractivity contribution in [1.82, 2.24) is 10.2 Å². The molecule has 1 fully saturated rings. The monoisotopic (exact) mass is 303 g/mol. The van der Waals surface area contributed by atoms with Gasteiger partial charge in [0.25, 0.3) is 0 Å². The Morgan fingerprint density at radius 3 is 2.91 bits per heavy atom. The van der Waals surface area contributed by atoms with E-state index in [1.165, 1.54) is 0 Å². The van der Waals surface area contributed by atoms with Crippen LogP contribution in [0.3, 0.4) is 0 Å². The fraction of sp³-hybridized carbons (Fsp3) is 0.588. The van der Waals surface area contributed by atoms with E-state index in [1.807, 2.05) is 18.2 Å². The molecule has 0 aliphatic carbocycles. The minimum atomic E-state index is 0.738. The van der Waals surface area contributed by atoms with Gasteiger partial charge in [-0.3, -0.25) is 9.89 Å². The number of hydrogen-bond donors (Lipinski definition) is 1. The Labute approximate surface area is 132 Å². The molecular weight excluding hydrogens is 278 g/mol. The second-order valence-corrected chi connectivity index (χ2v) is 5.66. The molecule has 3 rings (SSSR count). The van der Waals surface area contributed by atoms with Crippen molar-refractivity contribution in [2.45, 2.75) is 12.8 Å². The summed E-state index contributed by atoms with van der Waals surface area (Å²) >= 11 is 0. The van der Waals surface area contributed by atoms with Gasteiger partial charge in [0.15, 0.2) is 0 Å². The van der Waals surface area contributed by atoms with Gasteiger partial charge in [0.2, 0.25) is 0 Å². The van der Waals surface area contributed by atoms with Gasteiger partial charge in [-0.25, -0.2) is 0 Å². The maximum Gasteiger partial charge on any atom is 0.132 e. The highest BCUT2D eigenvalue weighted by atomic mass is 16.5. The van der Waals surface area contributed by atoms with Gasteiger partial charge in [-0.05, 0) is 25.0 Å². The summed E-state index contributed by atoms with van der Waals surface area (Å²) in [6, 6.07) is 8.16. The Morgan fingerprint density at radius 1 is 1.23 bits per heavy atom. The molecule has 5 heteroatoms. The first kappa shape index (κ1) is 15.3. The predicted molar refractivity (Wildman–Crippen MR) is 87.8 cm³/mol. The smallest absolute Gasteiger partial charge is 0.132 e. The van der Waals surface area contributed by atoms with Crippen molar-refractivity contribution in [3.8, 4) is 5.75 Å². The summed E-state index contributed by atoms with van der Waals surface area (Å²) in [5.41, 5.74) is 1.08. The molecule has 0 saturated carbocycles. The summed E-state index contributed by atoms with van der Waals surface area (Å²) in [6.07, 6.45) is 2.14. The molecule has 1 N–H and O–H groups in total. The van der Waals surface area contributed by atoms with Crippen LogP contribution in [0, 0.1) is 0 Å². The van der Waals surface area contributed by atoms with E-state index in [9.17, 15) is 0 Å². The Kier molecular flexibility index (Phi) is 5.67. The first-order valence-corrected chi connectivity index (χ1v) is 8.24. The molecule has 2 aliphatic heterocycles. The van der Waals surface area contributed by atoms with Crippen molar-refractivity contribution >= 4 is 5.84 Å². The van der Waals surface area contributed by atoms with Crippen LogP contribution in [0.25, 0.3) is 0 Å². The third-order valence-electron chi connectivity index (χ3n) is 4.02. The molecular formula is C17H25N3O2. The average molecular weight is 303 g/mol. The molecule has 1 aromatic carbocycles. The molecule has 120 valence electrons. The van der Waals surface area contributed by atoms with Crippen LogP contribution < -0.4 is 10.1 Å². The third kappa shape index (κ3) is 4.21. The highest BCUT2D eigenvalue weighted by Crippen LogP contribution is 2.19. The normalized spacial score (nSPS) is 19.4. The van der Waals surface area contributed by atoms with Crippen molar-refractivity contribution < 1.29 is 9.47 Å². The molecule has 5 nitrogen and oxygen atoms in total. The second-order valence-electron chi connectivity index (χ2n) is 5.66. The lowest BCUT2D eigenvalue weighted by Gasteiger charge is -2.26. The largest absolute Gasteiger partial charge is 0.493 e. The standard InChI is InChI=1S/C17H25N3O2/c1-2-6-16(15(5-1)17-18-7-3-8-19-17)22-12-4-9-20-10-13-21-14-11-20/h1-2,5-6H,3-4,7-14H2,(H,18,19). The molecule has 0 amide bonds. The molecule has 0 bridgehead atoms. The molecule has 0 radical (unpaired) electrons. The number of nitrogens with zero attached hydrogens (tertiary/aromatic N) is 2. The zero-order chi connectivity index (χ0) is 15.0. The molecule has 0 unspecified atom stereocenters. The fourth-order valence-corrected chi connectivity index (χ4v) is 2.80. The maximum absolute atomic E-state index is 6.00. The van der Waals surface area contributed by atoms with Crippen LogP contribution in [-0.2, 0) is 4.74 Å². The van der Waals surface area contributed by atoms with E-state index in [2.05, 4.69) is 21.3 Å². The molecule has 0 atom stereocenters. The number of ether oxygens (including phenoxy) is 2. The fourth-order valence-electron chi connectivity index (χ4n) is 2.80. The summed E-state index contributed by atoms with van der Waals surface area (Å²) < 4.78 is 11.4. The topological polar surface area (TPSA) is 46.1 Å². The van der Waals surface area contributed by atoms with E-state index in [-0.39, 0.29) is 0 Å². The van der Waals surface area contributed by atoms with Gasteiger partial charge in [-0.15, -0.1) is 0 Å². The zero-order valence-corrected chi connectivity index (χ0v) is 13.1. The second kappa shape index (κ2) is 8.15. The van der Waals surface area contributed by atoms with Crippen LogP contribution >= 0.6 is 0 Å². The first-order valence-electron chi connectivity index (χ1n) is 8.24. The SMILES string of the molecule is c1ccc(C2=NCCCN2)c(OCCCN2CCOCC2)c1. The van der Waals surface area contributed by atoms with Crippen LogP contribution in [0.2, 0.25) is 0 Å². The number of nitrogens with one attached hydrogen (secondary N) is 1. The summed E-state index contributed by atoms with van der Waals surface area (Å²) in [4.78, 5) is 7.00. The van der Waals surface area contributed by atoms with Crippen molar-refractivity contribution in [3.05, 3.63) is 29.8 Å². The Hall–Kier alpha value is -1.59. The number of para-hydroxylation sites is 1. The third-order valence-corrected chi connectivity index (χ3v) is 4.02. The zero-order valence-electron chi connectivity index (χ0n) is 13.1. The van der Waals surface area contributed by atoms with Crippen molar-refractivity contribution in [1.29, 1.82) is 0 Å². The molecule has 22 heavy (non-hydrogen) atoms. The van der Waals surface area contributed by atoms with Gasteiger partial charge in [0.1, 0.15) is 11.6 Å². The minimum Gasteiger partial charge on any atom is -0.493 e. The summed E-state index contributed by atoms with van der Waals surface area (Å²) in [5, 5.41) is 3.37. The number of amidine groups is 1. The van der Waals surface area contributed by atoms with Gasteiger partial charge < -0.3 is 14.8 Å². The van der Waals surface area contributed by atoms with Crippen LogP contribution in [-0.4, -0.2) is 63.3 Å². The predicted octanol–water partition coefficient (Wildman–Crippen LogP) is 1.53. The Bertz CT molecular complexity index is 498. The van der Waals surface area contributed by atoms with Crippen LogP contribution in [0.15, 0.2) is 29.3 Å². The van der Waals surface area contributed by atoms with Crippen molar-refractivity contribution in [3.63, 3.8) is 0 Å². The number of aliphatic imine (C=N–C) groups is 1. The number of morpholine rings is 1. The molecule has 1 saturated heterocycles. The first-order chi connectivity index (χ1) is 10.9. The Balaban J connectivity index is 1.50. The molecule has 0 aromatic heterocycles. The summed E-state index contributed by atoms with van der Waals surface area (Å²) in [7, 11) is 0. The summed E-state index contributed by atoms with van der Waals surface area (Å²) in [6.45, 7) is 7.49. The molecule has 2 aliphatic rings. The lowest BCUT2D eigenvalue weighted by Crippen LogP contribution is -2.37. The highest BCUT2D eigenvalue weighted by Gasteiger charge is 2.13. The van der Waals surface area contributed by atoms with Gasteiger partial charge in [-0.2, -0.15) is 0 Å². The average Bonchev–Trinajstić information content (AvgIpc) is 2.61. The number of benzene rings is 1. The van der Waals surface area contributed by atoms with Crippen LogP contribution in [0.1, 0.15) is 18.4 Å². The van der Waals surface area contributed by atoms with Gasteiger partial charge in [-0.1, -0.05) is 12.1 Å². The van der Waals surface area contributed by atoms with Gasteiger partial charge in [0.05, 0.1) is 25.4 Å². The van der Waals surface area contributed by atoms with E-state index >= 15 is 0 Å². The van der Waals surface area contributed by atoms with E-state index in [4.69, 9.17) is 9.47 Å². The number of rotatable bonds is 6. The van der Waals surface area contributed by atoms with Gasteiger partial charge in [0, 0.05) is 32.7 Å². The Morgan fingerprint density at radius 2 is 2.09 bits per heavy atom. The number of hydrogen-bond acceptors (Lipinski definition) is 5. The van der Waals surface area contributed by atoms with Crippen molar-refractivity contribution in [2.75, 3.05) is 52.5 Å². The highest BCUT2D eigenvalue weighted by molar-refractivity contribution is 6.01. The van der Waals surface area contributed by atoms with E-state index in [1.54, 1.807) is 0 Å². The van der Waals surface area contributed by atoms with Crippen LogP contribution in [0.5, 0.6) is 5.75 Å². The molecule has 2 heterocycles. The lowest BCUT2D eigenvalue weighted by molar-refractivity contribution is 0.0358. The minimum absolute atomic E-state index is 0.738. The van der Waals surface area contributed by atoms with E-state index in [0.717, 1.165) is 82.5 Å². The summed E-state index contributed by atoms with van der Waals surface area (Å²) in [5.74, 6) is 1.90. The van der Waals surface area contributed by atoms with E-state index in [0.29, 0.717) is 0 Å². The molecule has 0 spiro atoms. The van der Waals surface area contributed by atoms with Gasteiger partial charge >= 0.3 is 0 Å². The molecule has 1 aromatic rings. The quantitative estimate of drug-likeness (QED) is 0.810. The lowest BCUT2D eigenvalue weighted by atomic mass is 10.1. The van der Waals surface area contributed by atoms with Crippen molar-refractivity contribution in [2.24, 2.45) is 4.99 Å².